The fraction of sp³-hybridized carbons (Fsp3) is 0.615. The lowest BCUT2D eigenvalue weighted by Gasteiger charge is -2.47. The Hall–Kier alpha value is -1.43. The third-order valence-corrected chi connectivity index (χ3v) is 4.88. The van der Waals surface area contributed by atoms with Crippen LogP contribution in [0.5, 0.6) is 0 Å². The second kappa shape index (κ2) is 4.92. The van der Waals surface area contributed by atoms with Gasteiger partial charge in [-0.05, 0) is 12.8 Å². The van der Waals surface area contributed by atoms with E-state index in [9.17, 15) is 9.59 Å². The summed E-state index contributed by atoms with van der Waals surface area (Å²) < 4.78 is 0. The van der Waals surface area contributed by atoms with E-state index in [2.05, 4.69) is 10.3 Å². The molecule has 2 heterocycles. The third-order valence-electron chi connectivity index (χ3n) is 4.12. The summed E-state index contributed by atoms with van der Waals surface area (Å²) in [5, 5.41) is 2.76. The van der Waals surface area contributed by atoms with Gasteiger partial charge in [0.2, 0.25) is 11.8 Å². The molecule has 1 aromatic heterocycles. The van der Waals surface area contributed by atoms with Gasteiger partial charge in [-0.25, -0.2) is 0 Å². The molecule has 1 N–H and O–H groups in total. The molecule has 1 aliphatic carbocycles. The zero-order chi connectivity index (χ0) is 13.3. The van der Waals surface area contributed by atoms with Crippen LogP contribution < -0.4 is 5.32 Å². The highest BCUT2D eigenvalue weighted by Crippen LogP contribution is 2.36. The summed E-state index contributed by atoms with van der Waals surface area (Å²) in [5.41, 5.74) is 1.15. The molecule has 19 heavy (non-hydrogen) atoms. The van der Waals surface area contributed by atoms with Crippen molar-refractivity contribution in [2.75, 3.05) is 6.54 Å². The van der Waals surface area contributed by atoms with Crippen LogP contribution in [0.15, 0.2) is 11.7 Å². The molecule has 1 saturated heterocycles. The van der Waals surface area contributed by atoms with Crippen molar-refractivity contribution in [1.82, 2.24) is 15.2 Å². The van der Waals surface area contributed by atoms with Crippen LogP contribution in [0.1, 0.15) is 37.0 Å². The lowest BCUT2D eigenvalue weighted by Crippen LogP contribution is -2.67. The van der Waals surface area contributed by atoms with Crippen LogP contribution in [0.25, 0.3) is 0 Å². The van der Waals surface area contributed by atoms with Gasteiger partial charge in [-0.15, -0.1) is 11.3 Å². The first-order valence-electron chi connectivity index (χ1n) is 6.68. The van der Waals surface area contributed by atoms with Gasteiger partial charge in [0.25, 0.3) is 0 Å². The largest absolute Gasteiger partial charge is 0.345 e. The minimum atomic E-state index is -0.614. The summed E-state index contributed by atoms with van der Waals surface area (Å²) in [7, 11) is 0. The molecule has 0 aromatic carbocycles. The highest BCUT2D eigenvalue weighted by molar-refractivity contribution is 7.09. The van der Waals surface area contributed by atoms with Gasteiger partial charge >= 0.3 is 0 Å². The molecule has 2 fully saturated rings. The van der Waals surface area contributed by atoms with E-state index in [1.807, 2.05) is 0 Å². The third kappa shape index (κ3) is 2.14. The standard InChI is InChI=1S/C13H17N3O2S/c17-11-7-15-12(18)13(4-2-1-3-5-13)16(11)8-10-6-14-9-19-10/h6,9H,1-5,7-8H2,(H,15,18). The van der Waals surface area contributed by atoms with Gasteiger partial charge in [0.15, 0.2) is 0 Å². The summed E-state index contributed by atoms with van der Waals surface area (Å²) in [4.78, 5) is 31.4. The first kappa shape index (κ1) is 12.6. The Kier molecular flexibility index (Phi) is 3.26. The zero-order valence-electron chi connectivity index (χ0n) is 10.7. The Balaban J connectivity index is 1.91. The Morgan fingerprint density at radius 3 is 2.79 bits per heavy atom. The molecule has 1 spiro atoms. The molecule has 1 aliphatic heterocycles. The molecule has 1 aromatic rings. The predicted molar refractivity (Wildman–Crippen MR) is 71.5 cm³/mol. The molecular weight excluding hydrogens is 262 g/mol. The van der Waals surface area contributed by atoms with Gasteiger partial charge in [-0.1, -0.05) is 19.3 Å². The molecule has 2 aliphatic rings. The van der Waals surface area contributed by atoms with Crippen molar-refractivity contribution in [1.29, 1.82) is 0 Å². The van der Waals surface area contributed by atoms with Crippen LogP contribution in [-0.4, -0.2) is 33.8 Å². The molecule has 1 saturated carbocycles. The quantitative estimate of drug-likeness (QED) is 0.887. The first-order valence-corrected chi connectivity index (χ1v) is 7.56. The topological polar surface area (TPSA) is 62.3 Å². The number of amides is 2. The van der Waals surface area contributed by atoms with Crippen molar-refractivity contribution < 1.29 is 9.59 Å². The number of carbonyl (C=O) groups excluding carboxylic acids is 2. The fourth-order valence-electron chi connectivity index (χ4n) is 3.13. The molecule has 6 heteroatoms. The van der Waals surface area contributed by atoms with Crippen molar-refractivity contribution in [3.8, 4) is 0 Å². The Bertz CT molecular complexity index is 480. The lowest BCUT2D eigenvalue weighted by atomic mass is 9.78. The minimum absolute atomic E-state index is 0.0231. The van der Waals surface area contributed by atoms with Gasteiger partial charge in [0.05, 0.1) is 18.6 Å². The second-order valence-electron chi connectivity index (χ2n) is 5.22. The summed E-state index contributed by atoms with van der Waals surface area (Å²) in [6.45, 7) is 0.635. The van der Waals surface area contributed by atoms with Crippen molar-refractivity contribution in [3.63, 3.8) is 0 Å². The number of aromatic nitrogens is 1. The van der Waals surface area contributed by atoms with Crippen LogP contribution >= 0.6 is 11.3 Å². The maximum atomic E-state index is 12.3. The van der Waals surface area contributed by atoms with Crippen molar-refractivity contribution in [3.05, 3.63) is 16.6 Å². The van der Waals surface area contributed by atoms with Crippen LogP contribution in [0.2, 0.25) is 0 Å². The van der Waals surface area contributed by atoms with Crippen molar-refractivity contribution in [2.45, 2.75) is 44.2 Å². The number of carbonyl (C=O) groups is 2. The monoisotopic (exact) mass is 279 g/mol. The number of thiazole rings is 1. The SMILES string of the molecule is O=C1CNC(=O)C2(CCCCC2)N1Cc1cncs1. The number of nitrogens with one attached hydrogen (secondary N) is 1. The molecule has 0 atom stereocenters. The number of hydrogen-bond donors (Lipinski definition) is 1. The van der Waals surface area contributed by atoms with Gasteiger partial charge in [0.1, 0.15) is 5.54 Å². The van der Waals surface area contributed by atoms with Gasteiger partial charge in [0, 0.05) is 11.1 Å². The molecule has 0 bridgehead atoms. The lowest BCUT2D eigenvalue weighted by molar-refractivity contribution is -0.157. The maximum Gasteiger partial charge on any atom is 0.246 e. The Morgan fingerprint density at radius 2 is 2.11 bits per heavy atom. The van der Waals surface area contributed by atoms with Crippen molar-refractivity contribution >= 4 is 23.2 Å². The van der Waals surface area contributed by atoms with E-state index < -0.39 is 5.54 Å². The summed E-state index contributed by atoms with van der Waals surface area (Å²) in [5.74, 6) is 0.0474. The van der Waals surface area contributed by atoms with Gasteiger partial charge in [-0.2, -0.15) is 0 Å². The fourth-order valence-corrected chi connectivity index (χ4v) is 3.71. The van der Waals surface area contributed by atoms with E-state index >= 15 is 0 Å². The molecule has 5 nitrogen and oxygen atoms in total. The average molecular weight is 279 g/mol. The molecule has 3 rings (SSSR count). The van der Waals surface area contributed by atoms with Gasteiger partial charge < -0.3 is 10.2 Å². The van der Waals surface area contributed by atoms with E-state index in [0.717, 1.165) is 37.0 Å². The van der Waals surface area contributed by atoms with Crippen LogP contribution in [0.3, 0.4) is 0 Å². The summed E-state index contributed by atoms with van der Waals surface area (Å²) in [6, 6.07) is 0. The van der Waals surface area contributed by atoms with E-state index in [1.165, 1.54) is 11.3 Å². The maximum absolute atomic E-state index is 12.3. The van der Waals surface area contributed by atoms with Crippen LogP contribution in [0.4, 0.5) is 0 Å². The normalized spacial score (nSPS) is 22.6. The predicted octanol–water partition coefficient (Wildman–Crippen LogP) is 1.30. The molecule has 0 radical (unpaired) electrons. The first-order chi connectivity index (χ1) is 9.22. The minimum Gasteiger partial charge on any atom is -0.345 e. The number of rotatable bonds is 2. The number of hydrogen-bond acceptors (Lipinski definition) is 4. The number of piperazine rings is 1. The van der Waals surface area contributed by atoms with E-state index in [1.54, 1.807) is 16.6 Å². The molecule has 102 valence electrons. The van der Waals surface area contributed by atoms with Gasteiger partial charge in [-0.3, -0.25) is 14.6 Å². The molecule has 2 amide bonds. The zero-order valence-corrected chi connectivity index (χ0v) is 11.5. The molecule has 0 unspecified atom stereocenters. The van der Waals surface area contributed by atoms with Crippen LogP contribution in [0, 0.1) is 0 Å². The highest BCUT2D eigenvalue weighted by atomic mass is 32.1. The Labute approximate surface area is 116 Å². The van der Waals surface area contributed by atoms with E-state index in [4.69, 9.17) is 0 Å². The summed E-state index contributed by atoms with van der Waals surface area (Å²) in [6.07, 6.45) is 6.52. The number of nitrogens with zero attached hydrogens (tertiary/aromatic N) is 2. The van der Waals surface area contributed by atoms with E-state index in [0.29, 0.717) is 6.54 Å². The Morgan fingerprint density at radius 1 is 1.32 bits per heavy atom. The van der Waals surface area contributed by atoms with E-state index in [-0.39, 0.29) is 18.4 Å². The molecular formula is C13H17N3O2S. The van der Waals surface area contributed by atoms with Crippen LogP contribution in [-0.2, 0) is 16.1 Å². The smallest absolute Gasteiger partial charge is 0.246 e. The second-order valence-corrected chi connectivity index (χ2v) is 6.19. The average Bonchev–Trinajstić information content (AvgIpc) is 2.94. The summed E-state index contributed by atoms with van der Waals surface area (Å²) >= 11 is 1.53. The van der Waals surface area contributed by atoms with Crippen molar-refractivity contribution in [2.24, 2.45) is 0 Å². The highest BCUT2D eigenvalue weighted by Gasteiger charge is 2.49.